The van der Waals surface area contributed by atoms with E-state index in [1.165, 1.54) is 36.4 Å². The van der Waals surface area contributed by atoms with Crippen LogP contribution in [0.2, 0.25) is 0 Å². The van der Waals surface area contributed by atoms with Crippen LogP contribution in [-0.2, 0) is 0 Å². The lowest BCUT2D eigenvalue weighted by molar-refractivity contribution is 0.451. The fourth-order valence-electron chi connectivity index (χ4n) is 4.02. The first-order valence-electron chi connectivity index (χ1n) is 11.5. The van der Waals surface area contributed by atoms with Crippen LogP contribution in [0.25, 0.3) is 44.6 Å². The van der Waals surface area contributed by atoms with Gasteiger partial charge in [0.15, 0.2) is 10.9 Å². The number of benzene rings is 4. The molecule has 0 aliphatic rings. The van der Waals surface area contributed by atoms with E-state index in [-0.39, 0.29) is 61.9 Å². The van der Waals surface area contributed by atoms with Crippen LogP contribution in [0.3, 0.4) is 0 Å². The quantitative estimate of drug-likeness (QED) is 0.198. The van der Waals surface area contributed by atoms with Crippen LogP contribution in [0.1, 0.15) is 0 Å². The molecule has 0 aliphatic carbocycles. The van der Waals surface area contributed by atoms with Crippen LogP contribution in [0, 0.1) is 0 Å². The Morgan fingerprint density at radius 1 is 0.462 bits per heavy atom. The third-order valence-electron chi connectivity index (χ3n) is 5.80. The Morgan fingerprint density at radius 2 is 0.897 bits per heavy atom. The predicted molar refractivity (Wildman–Crippen MR) is 144 cm³/mol. The maximum absolute atomic E-state index is 12.0. The summed E-state index contributed by atoms with van der Waals surface area (Å²) in [4.78, 5) is 24.0. The third kappa shape index (κ3) is 5.09. The van der Waals surface area contributed by atoms with E-state index in [0.717, 1.165) is 17.7 Å². The Hall–Kier alpha value is -5.70. The lowest BCUT2D eigenvalue weighted by Gasteiger charge is -2.05. The molecule has 0 radical (unpaired) electrons. The van der Waals surface area contributed by atoms with Gasteiger partial charge in [-0.15, -0.1) is 0 Å². The van der Waals surface area contributed by atoms with E-state index in [1.807, 2.05) is 30.3 Å². The summed E-state index contributed by atoms with van der Waals surface area (Å²) < 4.78 is 11.1. The largest absolute Gasteiger partial charge is 0.508 e. The van der Waals surface area contributed by atoms with Gasteiger partial charge in [0, 0.05) is 47.5 Å². The highest BCUT2D eigenvalue weighted by Crippen LogP contribution is 2.32. The SMILES string of the molecule is O=c1cc(-c2ccc(O)cc2)oc2cc(O)cc(O)c12.O=c1cc(-c2ccccc2)oc2cc(O)cc(O)c12. The number of phenolic OH excluding ortho intramolecular Hbond substituents is 5. The number of aromatic hydroxyl groups is 5. The van der Waals surface area contributed by atoms with E-state index in [2.05, 4.69) is 0 Å². The molecule has 0 bridgehead atoms. The molecule has 4 aromatic carbocycles. The van der Waals surface area contributed by atoms with Gasteiger partial charge >= 0.3 is 0 Å². The highest BCUT2D eigenvalue weighted by atomic mass is 16.3. The highest BCUT2D eigenvalue weighted by molar-refractivity contribution is 5.87. The van der Waals surface area contributed by atoms with Crippen LogP contribution >= 0.6 is 0 Å². The predicted octanol–water partition coefficient (Wildman–Crippen LogP) is 5.45. The average Bonchev–Trinajstić information content (AvgIpc) is 2.88. The third-order valence-corrected chi connectivity index (χ3v) is 5.80. The van der Waals surface area contributed by atoms with E-state index in [9.17, 15) is 35.1 Å². The fraction of sp³-hybridized carbons (Fsp3) is 0. The molecule has 0 spiro atoms. The first-order valence-corrected chi connectivity index (χ1v) is 11.5. The summed E-state index contributed by atoms with van der Waals surface area (Å²) in [5.41, 5.74) is 0.848. The Balaban J connectivity index is 0.000000158. The van der Waals surface area contributed by atoms with Gasteiger partial charge in [0.2, 0.25) is 0 Å². The van der Waals surface area contributed by atoms with Crippen LogP contribution in [0.15, 0.2) is 109 Å². The number of fused-ring (bicyclic) bond motifs is 2. The summed E-state index contributed by atoms with van der Waals surface area (Å²) in [5, 5.41) is 47.6. The second kappa shape index (κ2) is 9.98. The number of rotatable bonds is 2. The van der Waals surface area contributed by atoms with E-state index in [4.69, 9.17) is 8.83 Å². The topological polar surface area (TPSA) is 162 Å². The smallest absolute Gasteiger partial charge is 0.197 e. The Bertz CT molecular complexity index is 1940. The molecule has 2 aromatic heterocycles. The van der Waals surface area contributed by atoms with Gasteiger partial charge in [-0.25, -0.2) is 0 Å². The molecule has 9 heteroatoms. The molecule has 0 unspecified atom stereocenters. The van der Waals surface area contributed by atoms with Crippen molar-refractivity contribution in [1.29, 1.82) is 0 Å². The standard InChI is InChI=1S/C15H10O5.C15H10O4/c16-9-3-1-8(2-4-9)13-7-12(19)15-11(18)5-10(17)6-14(15)20-13;16-10-6-11(17)15-12(18)8-13(19-14(15)7-10)9-4-2-1-3-5-9/h1-7,16-18H;1-8,16-17H. The first kappa shape index (κ1) is 25.0. The van der Waals surface area contributed by atoms with Gasteiger partial charge in [-0.05, 0) is 24.3 Å². The van der Waals surface area contributed by atoms with E-state index >= 15 is 0 Å². The normalized spacial score (nSPS) is 10.8. The molecule has 6 rings (SSSR count). The van der Waals surface area contributed by atoms with Gasteiger partial charge in [-0.3, -0.25) is 9.59 Å². The van der Waals surface area contributed by atoms with Crippen LogP contribution in [-0.4, -0.2) is 25.5 Å². The summed E-state index contributed by atoms with van der Waals surface area (Å²) >= 11 is 0. The van der Waals surface area contributed by atoms with Gasteiger partial charge in [0.25, 0.3) is 0 Å². The molecule has 0 saturated heterocycles. The molecule has 0 fully saturated rings. The summed E-state index contributed by atoms with van der Waals surface area (Å²) in [6, 6.07) is 22.6. The molecule has 0 atom stereocenters. The number of phenols is 5. The second-order valence-corrected chi connectivity index (χ2v) is 8.54. The molecule has 6 aromatic rings. The summed E-state index contributed by atoms with van der Waals surface area (Å²) in [5.74, 6) is -0.184. The lowest BCUT2D eigenvalue weighted by Crippen LogP contribution is -2.00. The zero-order valence-corrected chi connectivity index (χ0v) is 20.0. The maximum Gasteiger partial charge on any atom is 0.197 e. The molecule has 0 saturated carbocycles. The summed E-state index contributed by atoms with van der Waals surface area (Å²) in [6.07, 6.45) is 0. The molecule has 39 heavy (non-hydrogen) atoms. The number of hydrogen-bond acceptors (Lipinski definition) is 9. The van der Waals surface area contributed by atoms with Crippen molar-refractivity contribution in [2.75, 3.05) is 0 Å². The minimum Gasteiger partial charge on any atom is -0.508 e. The maximum atomic E-state index is 12.0. The van der Waals surface area contributed by atoms with Crippen molar-refractivity contribution >= 4 is 21.9 Å². The highest BCUT2D eigenvalue weighted by Gasteiger charge is 2.13. The van der Waals surface area contributed by atoms with Crippen LogP contribution in [0.5, 0.6) is 28.7 Å². The Labute approximate surface area is 219 Å². The molecular weight excluding hydrogens is 504 g/mol. The van der Waals surface area contributed by atoms with Crippen LogP contribution < -0.4 is 10.9 Å². The zero-order valence-electron chi connectivity index (χ0n) is 20.0. The van der Waals surface area contributed by atoms with Crippen LogP contribution in [0.4, 0.5) is 0 Å². The lowest BCUT2D eigenvalue weighted by atomic mass is 10.1. The monoisotopic (exact) mass is 524 g/mol. The van der Waals surface area contributed by atoms with E-state index in [0.29, 0.717) is 11.3 Å². The molecule has 5 N–H and O–H groups in total. The number of hydrogen-bond donors (Lipinski definition) is 5. The van der Waals surface area contributed by atoms with Gasteiger partial charge in [-0.1, -0.05) is 30.3 Å². The Kier molecular flexibility index (Phi) is 6.39. The average molecular weight is 524 g/mol. The second-order valence-electron chi connectivity index (χ2n) is 8.54. The van der Waals surface area contributed by atoms with E-state index in [1.54, 1.807) is 12.1 Å². The van der Waals surface area contributed by atoms with E-state index < -0.39 is 5.43 Å². The molecule has 0 aliphatic heterocycles. The fourth-order valence-corrected chi connectivity index (χ4v) is 4.02. The van der Waals surface area contributed by atoms with Crippen molar-refractivity contribution in [1.82, 2.24) is 0 Å². The molecule has 9 nitrogen and oxygen atoms in total. The van der Waals surface area contributed by atoms with Crippen molar-refractivity contribution in [2.24, 2.45) is 0 Å². The Morgan fingerprint density at radius 3 is 1.36 bits per heavy atom. The van der Waals surface area contributed by atoms with Crippen molar-refractivity contribution in [3.63, 3.8) is 0 Å². The van der Waals surface area contributed by atoms with Crippen molar-refractivity contribution in [3.05, 3.63) is 111 Å². The summed E-state index contributed by atoms with van der Waals surface area (Å²) in [6.45, 7) is 0. The minimum atomic E-state index is -0.410. The molecule has 0 amide bonds. The molecule has 2 heterocycles. The van der Waals surface area contributed by atoms with Crippen molar-refractivity contribution in [2.45, 2.75) is 0 Å². The van der Waals surface area contributed by atoms with Crippen molar-refractivity contribution in [3.8, 4) is 51.4 Å². The van der Waals surface area contributed by atoms with Gasteiger partial charge < -0.3 is 34.4 Å². The first-order chi connectivity index (χ1) is 18.7. The minimum absolute atomic E-state index is 0.0188. The summed E-state index contributed by atoms with van der Waals surface area (Å²) in [7, 11) is 0. The van der Waals surface area contributed by atoms with Gasteiger partial charge in [-0.2, -0.15) is 0 Å². The van der Waals surface area contributed by atoms with Gasteiger partial charge in [0.05, 0.1) is 0 Å². The van der Waals surface area contributed by atoms with Crippen molar-refractivity contribution < 1.29 is 34.4 Å². The molecule has 194 valence electrons. The molecular formula is C30H20O9. The van der Waals surface area contributed by atoms with Gasteiger partial charge in [0.1, 0.15) is 62.2 Å². The zero-order chi connectivity index (χ0) is 27.7.